The number of aryl methyl sites for hydroxylation is 1. The molecule has 2 bridgehead atoms. The van der Waals surface area contributed by atoms with Gasteiger partial charge in [0.25, 0.3) is 0 Å². The monoisotopic (exact) mass is 435 g/mol. The molecule has 3 aromatic rings. The number of nitrogens with zero attached hydrogens (tertiary/aromatic N) is 1. The minimum atomic E-state index is -3.63. The average molecular weight is 436 g/mol. The normalized spacial score (nSPS) is 23.4. The number of para-hydroxylation sites is 1. The van der Waals surface area contributed by atoms with Crippen LogP contribution in [0, 0.1) is 0 Å². The highest BCUT2D eigenvalue weighted by molar-refractivity contribution is 7.91. The van der Waals surface area contributed by atoms with E-state index in [1.165, 1.54) is 30.5 Å². The lowest BCUT2D eigenvalue weighted by Gasteiger charge is -2.23. The van der Waals surface area contributed by atoms with Crippen molar-refractivity contribution in [2.24, 2.45) is 7.05 Å². The van der Waals surface area contributed by atoms with Crippen molar-refractivity contribution >= 4 is 26.4 Å². The van der Waals surface area contributed by atoms with Gasteiger partial charge in [-0.05, 0) is 61.6 Å². The second kappa shape index (κ2) is 7.10. The van der Waals surface area contributed by atoms with Gasteiger partial charge in [0.1, 0.15) is 0 Å². The topological polar surface area (TPSA) is 63.1 Å². The van der Waals surface area contributed by atoms with Gasteiger partial charge in [-0.25, -0.2) is 8.42 Å². The molecule has 1 saturated heterocycles. The molecule has 2 atom stereocenters. The Labute approximate surface area is 183 Å². The van der Waals surface area contributed by atoms with Gasteiger partial charge in [-0.1, -0.05) is 25.0 Å². The Kier molecular flexibility index (Phi) is 4.44. The highest BCUT2D eigenvalue weighted by atomic mass is 32.2. The maximum absolute atomic E-state index is 13.7. The van der Waals surface area contributed by atoms with Gasteiger partial charge in [0.05, 0.1) is 15.5 Å². The van der Waals surface area contributed by atoms with E-state index in [0.29, 0.717) is 27.9 Å². The molecule has 2 fully saturated rings. The largest absolute Gasteiger partial charge is 0.381 e. The smallest absolute Gasteiger partial charge is 0.208 e. The maximum atomic E-state index is 13.7. The van der Waals surface area contributed by atoms with Gasteiger partial charge in [0.15, 0.2) is 0 Å². The molecule has 0 amide bonds. The SMILES string of the molecule is Cn1c2c(c3cc(S(=O)(=O)c4ccccc4NC4CCCC4)ccc31)C1CCC(C2)N1. The molecule has 1 aliphatic carbocycles. The summed E-state index contributed by atoms with van der Waals surface area (Å²) in [6.45, 7) is 0. The standard InChI is InChI=1S/C25H29N3O2S/c1-28-22-13-11-18(15-19(22)25-21-12-10-17(27-21)14-23(25)28)31(29,30)24-9-5-4-8-20(24)26-16-6-2-3-7-16/h4-5,8-9,11,13,15-17,21,26-27H,2-3,6-7,10,12,14H2,1H3. The molecule has 2 aromatic carbocycles. The molecule has 0 spiro atoms. The molecule has 6 rings (SSSR count). The Morgan fingerprint density at radius 2 is 1.84 bits per heavy atom. The molecule has 2 N–H and O–H groups in total. The first-order valence-corrected chi connectivity index (χ1v) is 13.0. The number of hydrogen-bond donors (Lipinski definition) is 2. The van der Waals surface area contributed by atoms with Crippen molar-refractivity contribution in [3.05, 3.63) is 53.7 Å². The lowest BCUT2D eigenvalue weighted by molar-refractivity contribution is 0.503. The van der Waals surface area contributed by atoms with Crippen LogP contribution in [-0.4, -0.2) is 25.1 Å². The summed E-state index contributed by atoms with van der Waals surface area (Å²) < 4.78 is 29.8. The van der Waals surface area contributed by atoms with Crippen LogP contribution in [0.3, 0.4) is 0 Å². The molecule has 3 aliphatic rings. The van der Waals surface area contributed by atoms with E-state index in [-0.39, 0.29) is 0 Å². The second-order valence-electron chi connectivity index (χ2n) is 9.42. The van der Waals surface area contributed by atoms with Crippen LogP contribution in [0.1, 0.15) is 55.8 Å². The van der Waals surface area contributed by atoms with Crippen LogP contribution < -0.4 is 10.6 Å². The number of anilines is 1. The Bertz CT molecular complexity index is 1270. The lowest BCUT2D eigenvalue weighted by atomic mass is 9.99. The molecule has 0 radical (unpaired) electrons. The fourth-order valence-corrected chi connectivity index (χ4v) is 7.43. The molecular weight excluding hydrogens is 406 g/mol. The zero-order valence-corrected chi connectivity index (χ0v) is 18.7. The van der Waals surface area contributed by atoms with Crippen LogP contribution >= 0.6 is 0 Å². The predicted octanol–water partition coefficient (Wildman–Crippen LogP) is 4.71. The molecule has 6 heteroatoms. The zero-order valence-electron chi connectivity index (χ0n) is 17.9. The molecule has 5 nitrogen and oxygen atoms in total. The van der Waals surface area contributed by atoms with Crippen molar-refractivity contribution in [1.29, 1.82) is 0 Å². The van der Waals surface area contributed by atoms with E-state index in [1.54, 1.807) is 12.1 Å². The Hall–Kier alpha value is -2.31. The molecule has 1 saturated carbocycles. The van der Waals surface area contributed by atoms with Crippen LogP contribution in [-0.2, 0) is 23.3 Å². The summed E-state index contributed by atoms with van der Waals surface area (Å²) in [7, 11) is -1.51. The fraction of sp³-hybridized carbons (Fsp3) is 0.440. The summed E-state index contributed by atoms with van der Waals surface area (Å²) >= 11 is 0. The summed E-state index contributed by atoms with van der Waals surface area (Å²) in [5, 5.41) is 8.30. The van der Waals surface area contributed by atoms with E-state index in [9.17, 15) is 8.42 Å². The second-order valence-corrected chi connectivity index (χ2v) is 11.3. The van der Waals surface area contributed by atoms with Crippen molar-refractivity contribution in [3.63, 3.8) is 0 Å². The van der Waals surface area contributed by atoms with Crippen molar-refractivity contribution in [3.8, 4) is 0 Å². The van der Waals surface area contributed by atoms with Gasteiger partial charge in [-0.15, -0.1) is 0 Å². The highest BCUT2D eigenvalue weighted by Crippen LogP contribution is 2.42. The van der Waals surface area contributed by atoms with Gasteiger partial charge in [-0.2, -0.15) is 0 Å². The number of sulfone groups is 1. The molecule has 162 valence electrons. The number of nitrogens with one attached hydrogen (secondary N) is 2. The van der Waals surface area contributed by atoms with Crippen molar-refractivity contribution < 1.29 is 8.42 Å². The van der Waals surface area contributed by atoms with Crippen LogP contribution in [0.4, 0.5) is 5.69 Å². The van der Waals surface area contributed by atoms with Gasteiger partial charge < -0.3 is 15.2 Å². The summed E-state index contributed by atoms with van der Waals surface area (Å²) in [5.41, 5.74) is 4.51. The van der Waals surface area contributed by atoms with E-state index in [2.05, 4.69) is 22.2 Å². The Morgan fingerprint density at radius 1 is 1.03 bits per heavy atom. The van der Waals surface area contributed by atoms with Crippen molar-refractivity contribution in [1.82, 2.24) is 9.88 Å². The van der Waals surface area contributed by atoms with E-state index in [4.69, 9.17) is 0 Å². The van der Waals surface area contributed by atoms with Gasteiger partial charge >= 0.3 is 0 Å². The first-order valence-electron chi connectivity index (χ1n) is 11.5. The fourth-order valence-electron chi connectivity index (χ4n) is 5.99. The highest BCUT2D eigenvalue weighted by Gasteiger charge is 2.36. The molecule has 31 heavy (non-hydrogen) atoms. The Morgan fingerprint density at radius 3 is 2.68 bits per heavy atom. The van der Waals surface area contributed by atoms with Gasteiger partial charge in [-0.3, -0.25) is 0 Å². The van der Waals surface area contributed by atoms with E-state index in [1.807, 2.05) is 30.3 Å². The van der Waals surface area contributed by atoms with Crippen LogP contribution in [0.15, 0.2) is 52.3 Å². The first kappa shape index (κ1) is 19.4. The molecular formula is C25H29N3O2S. The summed E-state index contributed by atoms with van der Waals surface area (Å²) in [5.74, 6) is 0. The zero-order chi connectivity index (χ0) is 21.2. The number of fused-ring (bicyclic) bond motifs is 6. The van der Waals surface area contributed by atoms with E-state index in [0.717, 1.165) is 42.3 Å². The summed E-state index contributed by atoms with van der Waals surface area (Å²) in [6.07, 6.45) is 7.96. The van der Waals surface area contributed by atoms with Crippen LogP contribution in [0.2, 0.25) is 0 Å². The summed E-state index contributed by atoms with van der Waals surface area (Å²) in [4.78, 5) is 0.763. The maximum Gasteiger partial charge on any atom is 0.208 e. The third-order valence-electron chi connectivity index (χ3n) is 7.57. The van der Waals surface area contributed by atoms with E-state index < -0.39 is 9.84 Å². The molecule has 2 aliphatic heterocycles. The van der Waals surface area contributed by atoms with Crippen molar-refractivity contribution in [2.45, 2.75) is 72.9 Å². The molecule has 3 heterocycles. The van der Waals surface area contributed by atoms with Crippen LogP contribution in [0.5, 0.6) is 0 Å². The first-order chi connectivity index (χ1) is 15.0. The number of hydrogen-bond acceptors (Lipinski definition) is 4. The Balaban J connectivity index is 1.45. The predicted molar refractivity (Wildman–Crippen MR) is 123 cm³/mol. The van der Waals surface area contributed by atoms with Crippen molar-refractivity contribution in [2.75, 3.05) is 5.32 Å². The third-order valence-corrected chi connectivity index (χ3v) is 9.38. The number of rotatable bonds is 4. The minimum absolute atomic E-state index is 0.340. The van der Waals surface area contributed by atoms with Gasteiger partial charge in [0, 0.05) is 48.2 Å². The average Bonchev–Trinajstić information content (AvgIpc) is 3.49. The quantitative estimate of drug-likeness (QED) is 0.623. The number of aromatic nitrogens is 1. The van der Waals surface area contributed by atoms with Gasteiger partial charge in [0.2, 0.25) is 9.84 Å². The lowest BCUT2D eigenvalue weighted by Crippen LogP contribution is -2.32. The summed E-state index contributed by atoms with van der Waals surface area (Å²) in [6, 6.07) is 14.3. The third kappa shape index (κ3) is 3.03. The number of benzene rings is 2. The molecule has 1 aromatic heterocycles. The van der Waals surface area contributed by atoms with E-state index >= 15 is 0 Å². The van der Waals surface area contributed by atoms with Crippen LogP contribution in [0.25, 0.3) is 10.9 Å². The minimum Gasteiger partial charge on any atom is -0.381 e. The molecule has 2 unspecified atom stereocenters.